The monoisotopic (exact) mass is 816 g/mol. The van der Waals surface area contributed by atoms with Gasteiger partial charge in [0.05, 0.1) is 17.4 Å². The summed E-state index contributed by atoms with van der Waals surface area (Å²) >= 11 is 1.20. The number of benzene rings is 2. The van der Waals surface area contributed by atoms with Crippen LogP contribution in [0, 0.1) is 11.8 Å². The number of ether oxygens (including phenoxy) is 1. The van der Waals surface area contributed by atoms with Crippen LogP contribution >= 0.6 is 18.9 Å². The summed E-state index contributed by atoms with van der Waals surface area (Å²) in [4.78, 5) is 67.2. The number of alkyl halides is 1. The SMILES string of the molecule is CCCOC(=O)[C@H](C)NP(=O)(Oc1ccccc1)C(F)c1ccc2sc(C(=O)N[C@H]3C[C@@H]4C[C@@H]4C[C@H]4CC[C@@H](C(=O)N5CC(c6ncccn6)C5)N4C3=O)cc2c1. The molecule has 5 heterocycles. The molecular formula is C41H46FN6O7PS. The van der Waals surface area contributed by atoms with Gasteiger partial charge < -0.3 is 24.4 Å². The lowest BCUT2D eigenvalue weighted by Crippen LogP contribution is -2.59. The van der Waals surface area contributed by atoms with E-state index in [0.29, 0.717) is 65.0 Å². The number of hydrogen-bond acceptors (Lipinski definition) is 10. The minimum atomic E-state index is -4.44. The molecule has 2 unspecified atom stereocenters. The fourth-order valence-corrected chi connectivity index (χ4v) is 11.2. The molecule has 4 aromatic rings. The number of likely N-dealkylation sites (tertiary alicyclic amines) is 1. The first-order chi connectivity index (χ1) is 27.5. The van der Waals surface area contributed by atoms with Gasteiger partial charge in [-0.05, 0) is 105 Å². The molecule has 0 radical (unpaired) electrons. The van der Waals surface area contributed by atoms with Crippen LogP contribution in [-0.2, 0) is 23.7 Å². The zero-order valence-electron chi connectivity index (χ0n) is 31.8. The van der Waals surface area contributed by atoms with E-state index in [2.05, 4.69) is 20.4 Å². The highest BCUT2D eigenvalue weighted by molar-refractivity contribution is 7.57. The minimum absolute atomic E-state index is 0.0312. The Balaban J connectivity index is 0.976. The van der Waals surface area contributed by atoms with Crippen molar-refractivity contribution in [2.75, 3.05) is 19.7 Å². The molecule has 2 aromatic heterocycles. The first-order valence-electron chi connectivity index (χ1n) is 19.7. The van der Waals surface area contributed by atoms with E-state index in [1.165, 1.54) is 30.4 Å². The van der Waals surface area contributed by atoms with Gasteiger partial charge in [-0.1, -0.05) is 31.2 Å². The molecule has 0 spiro atoms. The van der Waals surface area contributed by atoms with Gasteiger partial charge in [-0.15, -0.1) is 11.3 Å². The summed E-state index contributed by atoms with van der Waals surface area (Å²) in [5.41, 5.74) is 0.0312. The van der Waals surface area contributed by atoms with Crippen molar-refractivity contribution in [1.29, 1.82) is 0 Å². The molecule has 4 fully saturated rings. The average Bonchev–Trinajstić information content (AvgIpc) is 3.54. The lowest BCUT2D eigenvalue weighted by molar-refractivity contribution is -0.149. The van der Waals surface area contributed by atoms with Crippen molar-refractivity contribution in [3.8, 4) is 5.75 Å². The Kier molecular flexibility index (Phi) is 11.2. The Bertz CT molecular complexity index is 2190. The molecule has 3 amide bonds. The van der Waals surface area contributed by atoms with E-state index < -0.39 is 43.4 Å². The summed E-state index contributed by atoms with van der Waals surface area (Å²) in [5, 5.41) is 6.14. The number of nitrogens with one attached hydrogen (secondary N) is 2. The summed E-state index contributed by atoms with van der Waals surface area (Å²) in [7, 11) is -4.44. The van der Waals surface area contributed by atoms with E-state index in [4.69, 9.17) is 9.26 Å². The number of hydrogen-bond donors (Lipinski definition) is 2. The molecule has 8 atom stereocenters. The molecule has 16 heteroatoms. The van der Waals surface area contributed by atoms with Gasteiger partial charge in [0.25, 0.3) is 5.91 Å². The molecule has 3 saturated heterocycles. The topological polar surface area (TPSA) is 160 Å². The van der Waals surface area contributed by atoms with E-state index in [0.717, 1.165) is 19.3 Å². The van der Waals surface area contributed by atoms with Crippen molar-refractivity contribution in [1.82, 2.24) is 30.2 Å². The summed E-state index contributed by atoms with van der Waals surface area (Å²) in [6, 6.07) is 13.6. The normalized spacial score (nSPS) is 25.2. The number of fused-ring (bicyclic) bond motifs is 3. The van der Waals surface area contributed by atoms with Gasteiger partial charge in [-0.2, -0.15) is 0 Å². The van der Waals surface area contributed by atoms with Crippen molar-refractivity contribution in [2.45, 2.75) is 88.4 Å². The second-order valence-electron chi connectivity index (χ2n) is 15.6. The lowest BCUT2D eigenvalue weighted by atomic mass is 9.97. The fraction of sp³-hybridized carbons (Fsp3) is 0.463. The van der Waals surface area contributed by atoms with E-state index >= 15 is 4.39 Å². The maximum atomic E-state index is 16.5. The highest BCUT2D eigenvalue weighted by atomic mass is 32.1. The zero-order chi connectivity index (χ0) is 39.8. The van der Waals surface area contributed by atoms with Gasteiger partial charge in [-0.3, -0.25) is 23.7 Å². The molecular weight excluding hydrogens is 771 g/mol. The van der Waals surface area contributed by atoms with Crippen molar-refractivity contribution in [2.24, 2.45) is 11.8 Å². The molecule has 0 bridgehead atoms. The first-order valence-corrected chi connectivity index (χ1v) is 22.2. The summed E-state index contributed by atoms with van der Waals surface area (Å²) in [6.07, 6.45) is 7.69. The molecule has 2 aromatic carbocycles. The van der Waals surface area contributed by atoms with E-state index in [9.17, 15) is 23.7 Å². The summed E-state index contributed by atoms with van der Waals surface area (Å²) < 4.78 is 42.4. The number of carbonyl (C=O) groups is 4. The number of thiophene rings is 1. The number of carbonyl (C=O) groups excluding carboxylic acids is 4. The predicted octanol–water partition coefficient (Wildman–Crippen LogP) is 6.38. The number of amides is 3. The Morgan fingerprint density at radius 1 is 1.00 bits per heavy atom. The van der Waals surface area contributed by atoms with Crippen LogP contribution in [0.3, 0.4) is 0 Å². The van der Waals surface area contributed by atoms with Crippen LogP contribution in [0.25, 0.3) is 10.1 Å². The number of para-hydroxylation sites is 1. The Morgan fingerprint density at radius 2 is 1.75 bits per heavy atom. The van der Waals surface area contributed by atoms with Crippen molar-refractivity contribution in [3.05, 3.63) is 89.3 Å². The standard InChI is InChI=1S/C41H46FN6O7PS/c1-3-16-54-41(52)24(2)46-56(53,55-31-8-5-4-6-9-31)36(42)25-10-13-34-28(17-25)21-35(57-34)38(49)45-32-20-27-18-26(27)19-30-11-12-33(48(30)39(32)50)40(51)47-22-29(23-47)37-43-14-7-15-44-37/h4-10,13-15,17,21,24,26-27,29-30,32-33,36H,3,11-12,16,18-20,22-23H2,1-2H3,(H,45,49)(H,46,53)/t24-,26+,27-,30+,32-,33-,36?,56?/m0/s1. The lowest BCUT2D eigenvalue weighted by Gasteiger charge is -2.42. The highest BCUT2D eigenvalue weighted by Gasteiger charge is 2.52. The van der Waals surface area contributed by atoms with Crippen molar-refractivity contribution >= 4 is 52.6 Å². The highest BCUT2D eigenvalue weighted by Crippen LogP contribution is 2.58. The third-order valence-corrected chi connectivity index (χ3v) is 14.7. The van der Waals surface area contributed by atoms with Crippen LogP contribution in [0.15, 0.2) is 73.1 Å². The van der Waals surface area contributed by atoms with E-state index in [-0.39, 0.29) is 41.7 Å². The van der Waals surface area contributed by atoms with Crippen LogP contribution < -0.4 is 14.9 Å². The smallest absolute Gasteiger partial charge is 0.355 e. The van der Waals surface area contributed by atoms with Crippen LogP contribution in [-0.4, -0.2) is 87.3 Å². The number of rotatable bonds is 13. The quantitative estimate of drug-likeness (QED) is 0.115. The molecule has 300 valence electrons. The minimum Gasteiger partial charge on any atom is -0.465 e. The zero-order valence-corrected chi connectivity index (χ0v) is 33.5. The number of aromatic nitrogens is 2. The van der Waals surface area contributed by atoms with Crippen molar-refractivity contribution < 1.29 is 37.4 Å². The van der Waals surface area contributed by atoms with E-state index in [1.807, 2.05) is 6.92 Å². The molecule has 3 aliphatic heterocycles. The van der Waals surface area contributed by atoms with Gasteiger partial charge in [-0.25, -0.2) is 19.4 Å². The molecule has 1 saturated carbocycles. The molecule has 2 N–H and O–H groups in total. The molecule has 13 nitrogen and oxygen atoms in total. The average molecular weight is 817 g/mol. The Morgan fingerprint density at radius 3 is 2.51 bits per heavy atom. The number of esters is 1. The second-order valence-corrected chi connectivity index (χ2v) is 18.7. The third-order valence-electron chi connectivity index (χ3n) is 11.5. The molecule has 1 aliphatic carbocycles. The summed E-state index contributed by atoms with van der Waals surface area (Å²) in [5.74, 6) is -1.86. The number of halogens is 1. The van der Waals surface area contributed by atoms with Crippen LogP contribution in [0.1, 0.15) is 85.3 Å². The van der Waals surface area contributed by atoms with Crippen LogP contribution in [0.4, 0.5) is 4.39 Å². The van der Waals surface area contributed by atoms with Gasteiger partial charge >= 0.3 is 13.5 Å². The molecule has 4 aliphatic rings. The Hall–Kier alpha value is -4.72. The third kappa shape index (κ3) is 8.19. The summed E-state index contributed by atoms with van der Waals surface area (Å²) in [6.45, 7) is 4.46. The van der Waals surface area contributed by atoms with Crippen LogP contribution in [0.5, 0.6) is 5.75 Å². The molecule has 8 rings (SSSR count). The van der Waals surface area contributed by atoms with Gasteiger partial charge in [0.1, 0.15) is 29.7 Å². The van der Waals surface area contributed by atoms with E-state index in [1.54, 1.807) is 70.7 Å². The largest absolute Gasteiger partial charge is 0.465 e. The second kappa shape index (κ2) is 16.3. The Labute approximate surface area is 334 Å². The van der Waals surface area contributed by atoms with Gasteiger partial charge in [0, 0.05) is 36.2 Å². The fourth-order valence-electron chi connectivity index (χ4n) is 8.36. The van der Waals surface area contributed by atoms with Crippen molar-refractivity contribution in [3.63, 3.8) is 0 Å². The number of nitrogens with zero attached hydrogens (tertiary/aromatic N) is 4. The van der Waals surface area contributed by atoms with Crippen LogP contribution in [0.2, 0.25) is 0 Å². The van der Waals surface area contributed by atoms with Gasteiger partial charge in [0.2, 0.25) is 17.7 Å². The first kappa shape index (κ1) is 39.1. The van der Waals surface area contributed by atoms with Gasteiger partial charge in [0.15, 0.2) is 0 Å². The molecule has 57 heavy (non-hydrogen) atoms. The maximum Gasteiger partial charge on any atom is 0.355 e. The maximum absolute atomic E-state index is 16.5. The predicted molar refractivity (Wildman–Crippen MR) is 211 cm³/mol.